The molecule has 1 N–H and O–H groups in total. The summed E-state index contributed by atoms with van der Waals surface area (Å²) in [5, 5.41) is 3.21. The number of amides is 1. The van der Waals surface area contributed by atoms with Gasteiger partial charge in [-0.2, -0.15) is 0 Å². The van der Waals surface area contributed by atoms with Gasteiger partial charge in [-0.25, -0.2) is 4.98 Å². The van der Waals surface area contributed by atoms with Crippen molar-refractivity contribution in [3.8, 4) is 0 Å². The molecule has 0 bridgehead atoms. The Morgan fingerprint density at radius 2 is 2.05 bits per heavy atom. The van der Waals surface area contributed by atoms with E-state index in [1.54, 1.807) is 0 Å². The van der Waals surface area contributed by atoms with E-state index in [9.17, 15) is 4.79 Å². The van der Waals surface area contributed by atoms with Gasteiger partial charge in [0.05, 0.1) is 0 Å². The largest absolute Gasteiger partial charge is 0.370 e. The van der Waals surface area contributed by atoms with Gasteiger partial charge in [-0.3, -0.25) is 4.79 Å². The molecule has 1 aromatic heterocycles. The Kier molecular flexibility index (Phi) is 5.59. The van der Waals surface area contributed by atoms with E-state index in [1.165, 1.54) is 25.7 Å². The number of rotatable bonds is 6. The van der Waals surface area contributed by atoms with Crippen LogP contribution in [0.4, 0.5) is 5.82 Å². The third-order valence-electron chi connectivity index (χ3n) is 4.20. The summed E-state index contributed by atoms with van der Waals surface area (Å²) < 4.78 is 0. The molecule has 1 fully saturated rings. The molecule has 1 heterocycles. The van der Waals surface area contributed by atoms with Gasteiger partial charge in [0.25, 0.3) is 5.91 Å². The molecule has 4 heteroatoms. The van der Waals surface area contributed by atoms with E-state index in [1.807, 2.05) is 31.0 Å². The van der Waals surface area contributed by atoms with Crippen LogP contribution >= 0.6 is 0 Å². The minimum Gasteiger partial charge on any atom is -0.370 e. The highest BCUT2D eigenvalue weighted by Crippen LogP contribution is 2.25. The zero-order valence-corrected chi connectivity index (χ0v) is 13.5. The molecule has 0 aromatic carbocycles. The van der Waals surface area contributed by atoms with Crippen molar-refractivity contribution in [1.29, 1.82) is 0 Å². The van der Waals surface area contributed by atoms with E-state index in [2.05, 4.69) is 17.2 Å². The van der Waals surface area contributed by atoms with Crippen molar-refractivity contribution in [3.05, 3.63) is 23.4 Å². The number of hydrogen-bond donors (Lipinski definition) is 1. The molecule has 0 unspecified atom stereocenters. The SMILES string of the molecule is CCNc1cc(C(=O)N(C)CC2CCCC2)cc(CC)n1. The van der Waals surface area contributed by atoms with Crippen LogP contribution in [0.5, 0.6) is 0 Å². The summed E-state index contributed by atoms with van der Waals surface area (Å²) in [5.74, 6) is 1.59. The quantitative estimate of drug-likeness (QED) is 0.873. The van der Waals surface area contributed by atoms with Crippen LogP contribution in [0.1, 0.15) is 55.6 Å². The van der Waals surface area contributed by atoms with Gasteiger partial charge in [-0.1, -0.05) is 19.8 Å². The summed E-state index contributed by atoms with van der Waals surface area (Å²) >= 11 is 0. The van der Waals surface area contributed by atoms with Crippen molar-refractivity contribution in [2.75, 3.05) is 25.5 Å². The van der Waals surface area contributed by atoms with E-state index < -0.39 is 0 Å². The Hall–Kier alpha value is -1.58. The maximum atomic E-state index is 12.6. The van der Waals surface area contributed by atoms with Crippen LogP contribution in [0.15, 0.2) is 12.1 Å². The fraction of sp³-hybridized carbons (Fsp3) is 0.647. The van der Waals surface area contributed by atoms with Crippen LogP contribution in [0.3, 0.4) is 0 Å². The molecule has 4 nitrogen and oxygen atoms in total. The highest BCUT2D eigenvalue weighted by atomic mass is 16.2. The molecule has 1 amide bonds. The normalized spacial score (nSPS) is 15.2. The van der Waals surface area contributed by atoms with Gasteiger partial charge in [0.1, 0.15) is 5.82 Å². The third kappa shape index (κ3) is 4.19. The number of carbonyl (C=O) groups is 1. The van der Waals surface area contributed by atoms with Crippen LogP contribution in [0, 0.1) is 5.92 Å². The lowest BCUT2D eigenvalue weighted by atomic mass is 10.1. The molecule has 1 aromatic rings. The maximum Gasteiger partial charge on any atom is 0.253 e. The van der Waals surface area contributed by atoms with Crippen molar-refractivity contribution in [2.45, 2.75) is 46.0 Å². The fourth-order valence-corrected chi connectivity index (χ4v) is 3.05. The van der Waals surface area contributed by atoms with E-state index in [-0.39, 0.29) is 5.91 Å². The predicted molar refractivity (Wildman–Crippen MR) is 86.7 cm³/mol. The fourth-order valence-electron chi connectivity index (χ4n) is 3.05. The standard InChI is InChI=1S/C17H27N3O/c1-4-15-10-14(11-16(19-15)18-5-2)17(21)20(3)12-13-8-6-7-9-13/h10-11,13H,4-9,12H2,1-3H3,(H,18,19). The molecular weight excluding hydrogens is 262 g/mol. The number of aromatic nitrogens is 1. The molecular formula is C17H27N3O. The van der Waals surface area contributed by atoms with Gasteiger partial charge in [0.15, 0.2) is 0 Å². The number of nitrogens with zero attached hydrogens (tertiary/aromatic N) is 2. The Labute approximate surface area is 127 Å². The van der Waals surface area contributed by atoms with Crippen molar-refractivity contribution >= 4 is 11.7 Å². The van der Waals surface area contributed by atoms with Gasteiger partial charge in [0.2, 0.25) is 0 Å². The number of carbonyl (C=O) groups excluding carboxylic acids is 1. The summed E-state index contributed by atoms with van der Waals surface area (Å²) in [6, 6.07) is 3.80. The second-order valence-electron chi connectivity index (χ2n) is 5.95. The Bertz CT molecular complexity index is 481. The summed E-state index contributed by atoms with van der Waals surface area (Å²) in [4.78, 5) is 19.0. The number of anilines is 1. The van der Waals surface area contributed by atoms with Crippen molar-refractivity contribution in [2.24, 2.45) is 5.92 Å². The van der Waals surface area contributed by atoms with Crippen LogP contribution in [-0.4, -0.2) is 35.9 Å². The average Bonchev–Trinajstić information content (AvgIpc) is 2.99. The Morgan fingerprint density at radius 1 is 1.33 bits per heavy atom. The molecule has 0 atom stereocenters. The van der Waals surface area contributed by atoms with E-state index in [0.717, 1.165) is 36.6 Å². The highest BCUT2D eigenvalue weighted by molar-refractivity contribution is 5.94. The molecule has 0 saturated heterocycles. The zero-order valence-electron chi connectivity index (χ0n) is 13.5. The molecule has 2 rings (SSSR count). The van der Waals surface area contributed by atoms with Crippen molar-refractivity contribution in [3.63, 3.8) is 0 Å². The first-order chi connectivity index (χ1) is 10.1. The van der Waals surface area contributed by atoms with Crippen LogP contribution < -0.4 is 5.32 Å². The first-order valence-electron chi connectivity index (χ1n) is 8.14. The highest BCUT2D eigenvalue weighted by Gasteiger charge is 2.20. The maximum absolute atomic E-state index is 12.6. The lowest BCUT2D eigenvalue weighted by Gasteiger charge is -2.21. The van der Waals surface area contributed by atoms with E-state index >= 15 is 0 Å². The van der Waals surface area contributed by atoms with Gasteiger partial charge in [-0.15, -0.1) is 0 Å². The lowest BCUT2D eigenvalue weighted by molar-refractivity contribution is 0.0773. The van der Waals surface area contributed by atoms with Crippen molar-refractivity contribution in [1.82, 2.24) is 9.88 Å². The third-order valence-corrected chi connectivity index (χ3v) is 4.20. The second-order valence-corrected chi connectivity index (χ2v) is 5.95. The van der Waals surface area contributed by atoms with Gasteiger partial charge >= 0.3 is 0 Å². The molecule has 0 radical (unpaired) electrons. The lowest BCUT2D eigenvalue weighted by Crippen LogP contribution is -2.31. The Balaban J connectivity index is 2.10. The van der Waals surface area contributed by atoms with Gasteiger partial charge < -0.3 is 10.2 Å². The number of aryl methyl sites for hydroxylation is 1. The monoisotopic (exact) mass is 289 g/mol. The number of pyridine rings is 1. The molecule has 116 valence electrons. The van der Waals surface area contributed by atoms with E-state index in [0.29, 0.717) is 5.92 Å². The number of hydrogen-bond acceptors (Lipinski definition) is 3. The second kappa shape index (κ2) is 7.43. The van der Waals surface area contributed by atoms with Crippen LogP contribution in [0.2, 0.25) is 0 Å². The number of nitrogens with one attached hydrogen (secondary N) is 1. The first kappa shape index (κ1) is 15.8. The molecule has 1 saturated carbocycles. The summed E-state index contributed by atoms with van der Waals surface area (Å²) in [5.41, 5.74) is 1.71. The van der Waals surface area contributed by atoms with E-state index in [4.69, 9.17) is 0 Å². The molecule has 1 aliphatic rings. The van der Waals surface area contributed by atoms with Crippen LogP contribution in [0.25, 0.3) is 0 Å². The minimum atomic E-state index is 0.109. The first-order valence-corrected chi connectivity index (χ1v) is 8.14. The average molecular weight is 289 g/mol. The van der Waals surface area contributed by atoms with Gasteiger partial charge in [0, 0.05) is 31.4 Å². The summed E-state index contributed by atoms with van der Waals surface area (Å²) in [6.07, 6.45) is 5.98. The molecule has 0 spiro atoms. The summed E-state index contributed by atoms with van der Waals surface area (Å²) in [7, 11) is 1.92. The smallest absolute Gasteiger partial charge is 0.253 e. The predicted octanol–water partition coefficient (Wildman–Crippen LogP) is 3.34. The zero-order chi connectivity index (χ0) is 15.2. The summed E-state index contributed by atoms with van der Waals surface area (Å²) in [6.45, 7) is 5.79. The molecule has 0 aliphatic heterocycles. The Morgan fingerprint density at radius 3 is 2.67 bits per heavy atom. The van der Waals surface area contributed by atoms with Crippen molar-refractivity contribution < 1.29 is 4.79 Å². The minimum absolute atomic E-state index is 0.109. The molecule has 1 aliphatic carbocycles. The topological polar surface area (TPSA) is 45.2 Å². The van der Waals surface area contributed by atoms with Gasteiger partial charge in [-0.05, 0) is 44.2 Å². The van der Waals surface area contributed by atoms with Crippen LogP contribution in [-0.2, 0) is 6.42 Å². The molecule has 21 heavy (non-hydrogen) atoms.